The molecule has 0 aliphatic carbocycles. The lowest BCUT2D eigenvalue weighted by Gasteiger charge is -2.32. The number of anilines is 1. The molecule has 0 saturated carbocycles. The maximum Gasteiger partial charge on any atom is 0.244 e. The summed E-state index contributed by atoms with van der Waals surface area (Å²) in [5.74, 6) is -0.772. The number of nitrogens with zero attached hydrogens (tertiary/aromatic N) is 2. The largest absolute Gasteiger partial charge is 0.354 e. The molecule has 1 unspecified atom stereocenters. The summed E-state index contributed by atoms with van der Waals surface area (Å²) in [7, 11) is -3.76. The van der Waals surface area contributed by atoms with E-state index < -0.39 is 28.5 Å². The van der Waals surface area contributed by atoms with Gasteiger partial charge in [0.25, 0.3) is 0 Å². The molecule has 0 spiro atoms. The van der Waals surface area contributed by atoms with Gasteiger partial charge in [0.05, 0.1) is 11.9 Å². The van der Waals surface area contributed by atoms with E-state index in [9.17, 15) is 18.0 Å². The fourth-order valence-corrected chi connectivity index (χ4v) is 4.65. The molecule has 0 heterocycles. The SMILES string of the molecule is CCCCNC(=O)C(C)N(Cc1cccc(Cl)c1)C(=O)CN(c1cc(C)ccc1C)S(C)(=O)=O. The van der Waals surface area contributed by atoms with Gasteiger partial charge in [-0.2, -0.15) is 0 Å². The highest BCUT2D eigenvalue weighted by atomic mass is 35.5. The first-order valence-electron chi connectivity index (χ1n) is 11.3. The first kappa shape index (κ1) is 27.7. The molecule has 0 fully saturated rings. The molecule has 9 heteroatoms. The third kappa shape index (κ3) is 7.74. The molecule has 1 N–H and O–H groups in total. The Morgan fingerprint density at radius 3 is 2.44 bits per heavy atom. The first-order chi connectivity index (χ1) is 15.9. The number of amides is 2. The number of sulfonamides is 1. The summed E-state index contributed by atoms with van der Waals surface area (Å²) in [6.07, 6.45) is 2.83. The van der Waals surface area contributed by atoms with Crippen LogP contribution in [0.3, 0.4) is 0 Å². The molecular formula is C25H34ClN3O4S. The molecule has 0 aromatic heterocycles. The summed E-state index contributed by atoms with van der Waals surface area (Å²) in [4.78, 5) is 27.8. The molecule has 7 nitrogen and oxygen atoms in total. The predicted molar refractivity (Wildman–Crippen MR) is 137 cm³/mol. The number of carbonyl (C=O) groups is 2. The molecule has 34 heavy (non-hydrogen) atoms. The van der Waals surface area contributed by atoms with Crippen LogP contribution in [0.25, 0.3) is 0 Å². The van der Waals surface area contributed by atoms with Gasteiger partial charge in [-0.05, 0) is 62.1 Å². The normalized spacial score (nSPS) is 12.2. The third-order valence-corrected chi connectivity index (χ3v) is 6.91. The van der Waals surface area contributed by atoms with E-state index in [4.69, 9.17) is 11.6 Å². The van der Waals surface area contributed by atoms with E-state index in [0.717, 1.165) is 40.1 Å². The van der Waals surface area contributed by atoms with Crippen molar-refractivity contribution in [2.45, 2.75) is 53.1 Å². The number of hydrogen-bond acceptors (Lipinski definition) is 4. The number of hydrogen-bond donors (Lipinski definition) is 1. The average molecular weight is 508 g/mol. The van der Waals surface area contributed by atoms with E-state index in [1.165, 1.54) is 4.90 Å². The number of halogens is 1. The number of benzene rings is 2. The summed E-state index contributed by atoms with van der Waals surface area (Å²) in [5.41, 5.74) is 2.79. The standard InChI is InChI=1S/C25H34ClN3O4S/c1-6-7-13-27-25(31)20(4)28(16-21-9-8-10-22(26)15-21)24(30)17-29(34(5,32)33)23-14-18(2)11-12-19(23)3/h8-12,14-15,20H,6-7,13,16-17H2,1-5H3,(H,27,31). The van der Waals surface area contributed by atoms with Gasteiger partial charge >= 0.3 is 0 Å². The van der Waals surface area contributed by atoms with Crippen LogP contribution in [0, 0.1) is 13.8 Å². The van der Waals surface area contributed by atoms with E-state index in [1.54, 1.807) is 38.1 Å². The minimum Gasteiger partial charge on any atom is -0.354 e. The van der Waals surface area contributed by atoms with E-state index in [0.29, 0.717) is 17.3 Å². The van der Waals surface area contributed by atoms with E-state index in [1.807, 2.05) is 32.0 Å². The summed E-state index contributed by atoms with van der Waals surface area (Å²) in [5, 5.41) is 3.37. The highest BCUT2D eigenvalue weighted by Crippen LogP contribution is 2.24. The van der Waals surface area contributed by atoms with Gasteiger partial charge < -0.3 is 10.2 Å². The Labute approximate surface area is 208 Å². The molecule has 0 saturated heterocycles. The third-order valence-electron chi connectivity index (χ3n) is 5.55. The Bertz CT molecular complexity index is 1120. The van der Waals surface area contributed by atoms with Crippen LogP contribution in [0.15, 0.2) is 42.5 Å². The molecule has 1 atom stereocenters. The average Bonchev–Trinajstić information content (AvgIpc) is 2.76. The monoisotopic (exact) mass is 507 g/mol. The van der Waals surface area contributed by atoms with Crippen LogP contribution in [0.5, 0.6) is 0 Å². The lowest BCUT2D eigenvalue weighted by atomic mass is 10.1. The smallest absolute Gasteiger partial charge is 0.244 e. The molecular weight excluding hydrogens is 474 g/mol. The second-order valence-corrected chi connectivity index (χ2v) is 10.9. The summed E-state index contributed by atoms with van der Waals surface area (Å²) in [6, 6.07) is 11.7. The fraction of sp³-hybridized carbons (Fsp3) is 0.440. The first-order valence-corrected chi connectivity index (χ1v) is 13.5. The van der Waals surface area contributed by atoms with Crippen molar-refractivity contribution >= 4 is 39.1 Å². The number of carbonyl (C=O) groups excluding carboxylic acids is 2. The summed E-state index contributed by atoms with van der Waals surface area (Å²) < 4.78 is 26.5. The lowest BCUT2D eigenvalue weighted by molar-refractivity contribution is -0.139. The molecule has 0 aliphatic heterocycles. The van der Waals surface area contributed by atoms with Crippen molar-refractivity contribution in [2.75, 3.05) is 23.7 Å². The minimum atomic E-state index is -3.76. The van der Waals surface area contributed by atoms with Gasteiger partial charge in [-0.15, -0.1) is 0 Å². The van der Waals surface area contributed by atoms with Crippen molar-refractivity contribution in [3.63, 3.8) is 0 Å². The number of unbranched alkanes of at least 4 members (excludes halogenated alkanes) is 1. The maximum absolute atomic E-state index is 13.5. The van der Waals surface area contributed by atoms with E-state index >= 15 is 0 Å². The fourth-order valence-electron chi connectivity index (χ4n) is 3.53. The Morgan fingerprint density at radius 1 is 1.12 bits per heavy atom. The van der Waals surface area contributed by atoms with Crippen LogP contribution in [0.1, 0.15) is 43.4 Å². The molecule has 0 radical (unpaired) electrons. The Balaban J connectivity index is 2.39. The molecule has 2 rings (SSSR count). The van der Waals surface area contributed by atoms with Crippen molar-refractivity contribution in [1.82, 2.24) is 10.2 Å². The zero-order valence-electron chi connectivity index (χ0n) is 20.5. The zero-order chi connectivity index (χ0) is 25.5. The molecule has 0 aliphatic rings. The Hall–Kier alpha value is -2.58. The van der Waals surface area contributed by atoms with Crippen molar-refractivity contribution in [2.24, 2.45) is 0 Å². The topological polar surface area (TPSA) is 86.8 Å². The summed E-state index contributed by atoms with van der Waals surface area (Å²) in [6.45, 7) is 7.54. The van der Waals surface area contributed by atoms with Gasteiger partial charge in [-0.1, -0.05) is 49.2 Å². The van der Waals surface area contributed by atoms with Gasteiger partial charge in [0.15, 0.2) is 0 Å². The molecule has 2 amide bonds. The van der Waals surface area contributed by atoms with Gasteiger partial charge in [-0.25, -0.2) is 8.42 Å². The summed E-state index contributed by atoms with van der Waals surface area (Å²) >= 11 is 6.12. The lowest BCUT2D eigenvalue weighted by Crippen LogP contribution is -2.51. The van der Waals surface area contributed by atoms with Gasteiger partial charge in [0.2, 0.25) is 21.8 Å². The van der Waals surface area contributed by atoms with Gasteiger partial charge in [0, 0.05) is 18.1 Å². The highest BCUT2D eigenvalue weighted by Gasteiger charge is 2.30. The Kier molecular flexibility index (Phi) is 9.94. The van der Waals surface area contributed by atoms with Crippen LogP contribution in [0.4, 0.5) is 5.69 Å². The number of rotatable bonds is 11. The molecule has 186 valence electrons. The Morgan fingerprint density at radius 2 is 1.82 bits per heavy atom. The van der Waals surface area contributed by atoms with Gasteiger partial charge in [0.1, 0.15) is 12.6 Å². The van der Waals surface area contributed by atoms with Crippen LogP contribution < -0.4 is 9.62 Å². The highest BCUT2D eigenvalue weighted by molar-refractivity contribution is 7.92. The minimum absolute atomic E-state index is 0.117. The van der Waals surface area contributed by atoms with Crippen LogP contribution in [-0.4, -0.2) is 50.5 Å². The number of aryl methyl sites for hydroxylation is 2. The zero-order valence-corrected chi connectivity index (χ0v) is 22.0. The van der Waals surface area contributed by atoms with Crippen LogP contribution >= 0.6 is 11.6 Å². The quantitative estimate of drug-likeness (QED) is 0.465. The number of nitrogens with one attached hydrogen (secondary N) is 1. The van der Waals surface area contributed by atoms with Crippen molar-refractivity contribution in [3.8, 4) is 0 Å². The van der Waals surface area contributed by atoms with E-state index in [-0.39, 0.29) is 12.5 Å². The van der Waals surface area contributed by atoms with Crippen molar-refractivity contribution in [3.05, 3.63) is 64.2 Å². The van der Waals surface area contributed by atoms with Gasteiger partial charge in [-0.3, -0.25) is 13.9 Å². The predicted octanol–water partition coefficient (Wildman–Crippen LogP) is 4.06. The van der Waals surface area contributed by atoms with Crippen LogP contribution in [0.2, 0.25) is 5.02 Å². The van der Waals surface area contributed by atoms with Crippen molar-refractivity contribution < 1.29 is 18.0 Å². The molecule has 2 aromatic carbocycles. The molecule has 2 aromatic rings. The van der Waals surface area contributed by atoms with E-state index in [2.05, 4.69) is 5.32 Å². The maximum atomic E-state index is 13.5. The van der Waals surface area contributed by atoms with Crippen LogP contribution in [-0.2, 0) is 26.2 Å². The second kappa shape index (κ2) is 12.2. The molecule has 0 bridgehead atoms. The second-order valence-electron chi connectivity index (χ2n) is 8.53. The van der Waals surface area contributed by atoms with Crippen molar-refractivity contribution in [1.29, 1.82) is 0 Å².